The third-order valence-electron chi connectivity index (χ3n) is 13.8. The predicted octanol–water partition coefficient (Wildman–Crippen LogP) is -1.05. The minimum atomic E-state index is -2.22. The van der Waals surface area contributed by atoms with E-state index < -0.39 is 125 Å². The molecule has 75 heavy (non-hydrogen) atoms. The summed E-state index contributed by atoms with van der Waals surface area (Å²) in [5.74, 6) is -5.84. The molecule has 5 aliphatic rings. The third kappa shape index (κ3) is 17.9. The molecule has 26 heteroatoms. The number of rotatable bonds is 13. The number of carbonyl (C=O) groups excluding carboxylic acids is 6. The normalized spacial score (nSPS) is 36.0. The van der Waals surface area contributed by atoms with E-state index in [1.807, 2.05) is 34.6 Å². The number of aliphatic hydroxyl groups is 11. The standard InChI is InChI=1S/C11H20O6.C8H13FO2.C8H16O6.2C8H14O3.C6H10O5/c1-5-15-9(13)11(4,14)8(12)7-6-16-10(2,3)17-7;1-4-6-5(2)8(3,9)7(10)11-6;1-3-14-7(12)8(2,13)6(11)5(10)4-9;2*1-4-6-5(2)8(3,10)7(9)11-6;1-6(10)4(8)3(2-7)11-5(6)9/h7-8,12,14H,5-6H2,1-4H3;5-6H,4H2,1-3H3;5-6,9-11,13H,3-4H2,1-2H3;2*5-6,10H,4H2,1-3H3;3-4,7-8,10H,2H2,1H3/t7-,8-,11+;5?,6-,8-;5-,6-,8+;5?,6-,8+;5?,6-,8-;3-,4?,6+/m111111/s1. The molecule has 5 saturated heterocycles. The molecule has 0 aromatic rings. The Morgan fingerprint density at radius 2 is 1.00 bits per heavy atom. The van der Waals surface area contributed by atoms with Crippen LogP contribution in [-0.4, -0.2) is 219 Å². The molecule has 0 saturated carbocycles. The predicted molar refractivity (Wildman–Crippen MR) is 257 cm³/mol. The second kappa shape index (κ2) is 28.7. The Hall–Kier alpha value is -3.77. The Labute approximate surface area is 437 Å². The van der Waals surface area contributed by atoms with E-state index in [1.165, 1.54) is 27.7 Å². The Balaban J connectivity index is 0.000000883. The van der Waals surface area contributed by atoms with Crippen molar-refractivity contribution in [3.63, 3.8) is 0 Å². The molecular formula is C49H87FO25. The van der Waals surface area contributed by atoms with Crippen LogP contribution in [0.25, 0.3) is 0 Å². The lowest BCUT2D eigenvalue weighted by atomic mass is 9.88. The van der Waals surface area contributed by atoms with Crippen LogP contribution in [-0.2, 0) is 66.7 Å². The molecule has 440 valence electrons. The summed E-state index contributed by atoms with van der Waals surface area (Å²) in [5, 5.41) is 102. The molecule has 5 aliphatic heterocycles. The minimum Gasteiger partial charge on any atom is -0.464 e. The third-order valence-corrected chi connectivity index (χ3v) is 13.8. The van der Waals surface area contributed by atoms with E-state index in [1.54, 1.807) is 34.6 Å². The first-order chi connectivity index (χ1) is 34.1. The Morgan fingerprint density at radius 1 is 0.640 bits per heavy atom. The van der Waals surface area contributed by atoms with Gasteiger partial charge in [-0.05, 0) is 88.5 Å². The van der Waals surface area contributed by atoms with E-state index in [2.05, 4.69) is 9.47 Å². The fraction of sp³-hybridized carbons (Fsp3) is 0.878. The molecule has 18 atom stereocenters. The van der Waals surface area contributed by atoms with Crippen LogP contribution in [0.1, 0.15) is 130 Å². The molecule has 0 aliphatic carbocycles. The summed E-state index contributed by atoms with van der Waals surface area (Å²) in [6, 6.07) is 0. The van der Waals surface area contributed by atoms with Crippen molar-refractivity contribution in [2.75, 3.05) is 33.0 Å². The fourth-order valence-corrected chi connectivity index (χ4v) is 7.46. The highest BCUT2D eigenvalue weighted by molar-refractivity contribution is 5.83. The van der Waals surface area contributed by atoms with Gasteiger partial charge in [-0.15, -0.1) is 0 Å². The topological polar surface area (TPSA) is 399 Å². The minimum absolute atomic E-state index is 0.0525. The number of hydrogen-bond acceptors (Lipinski definition) is 25. The Bertz CT molecular complexity index is 1690. The van der Waals surface area contributed by atoms with E-state index in [0.717, 1.165) is 26.7 Å². The number of esters is 6. The lowest BCUT2D eigenvalue weighted by Gasteiger charge is -2.30. The van der Waals surface area contributed by atoms with Crippen LogP contribution in [0.4, 0.5) is 4.39 Å². The first-order valence-electron chi connectivity index (χ1n) is 24.8. The summed E-state index contributed by atoms with van der Waals surface area (Å²) in [6.45, 7) is 24.4. The molecule has 0 bridgehead atoms. The maximum Gasteiger partial charge on any atom is 0.344 e. The molecule has 5 fully saturated rings. The summed E-state index contributed by atoms with van der Waals surface area (Å²) < 4.78 is 52.4. The number of alkyl halides is 1. The molecule has 0 aromatic heterocycles. The van der Waals surface area contributed by atoms with E-state index in [4.69, 9.17) is 48.8 Å². The van der Waals surface area contributed by atoms with Gasteiger partial charge in [-0.3, -0.25) is 0 Å². The van der Waals surface area contributed by atoms with Gasteiger partial charge in [0, 0.05) is 17.8 Å². The molecule has 0 spiro atoms. The van der Waals surface area contributed by atoms with Crippen LogP contribution in [0.3, 0.4) is 0 Å². The molecule has 4 unspecified atom stereocenters. The number of aliphatic hydroxyl groups excluding tert-OH is 6. The SMILES string of the molecule is CCOC(=O)[C@@](C)(O)[C@H](O)[C@H](O)CO.CCOC(=O)[C@@](C)(O)[C@H](O)[C@H]1COC(C)(C)O1.CC[C@H]1OC(=O)[C@@](C)(O)C1C.CC[C@H]1OC(=O)[C@](C)(F)C1C.CC[C@H]1OC(=O)[C@](C)(O)C1C.C[C@@]1(O)C(=O)O[C@H](CO)C1O. The van der Waals surface area contributed by atoms with Gasteiger partial charge in [0.1, 0.15) is 48.8 Å². The van der Waals surface area contributed by atoms with Crippen molar-refractivity contribution >= 4 is 35.8 Å². The van der Waals surface area contributed by atoms with Crippen molar-refractivity contribution in [1.82, 2.24) is 0 Å². The second-order valence-electron chi connectivity index (χ2n) is 20.3. The first kappa shape index (κ1) is 71.2. The van der Waals surface area contributed by atoms with Crippen LogP contribution >= 0.6 is 0 Å². The van der Waals surface area contributed by atoms with Gasteiger partial charge in [0.15, 0.2) is 39.9 Å². The molecule has 11 N–H and O–H groups in total. The number of ether oxygens (including phenoxy) is 8. The van der Waals surface area contributed by atoms with Crippen molar-refractivity contribution in [2.45, 2.75) is 224 Å². The van der Waals surface area contributed by atoms with Gasteiger partial charge in [-0.1, -0.05) is 41.5 Å². The van der Waals surface area contributed by atoms with E-state index in [9.17, 15) is 68.9 Å². The molecular weight excluding hydrogens is 1010 g/mol. The molecule has 0 radical (unpaired) electrons. The molecule has 25 nitrogen and oxygen atoms in total. The van der Waals surface area contributed by atoms with Gasteiger partial charge in [0.25, 0.3) is 0 Å². The first-order valence-corrected chi connectivity index (χ1v) is 24.8. The van der Waals surface area contributed by atoms with Gasteiger partial charge in [0.05, 0.1) is 33.0 Å². The van der Waals surface area contributed by atoms with Gasteiger partial charge >= 0.3 is 35.8 Å². The average Bonchev–Trinajstić information content (AvgIpc) is 4.00. The van der Waals surface area contributed by atoms with Crippen LogP contribution in [0.2, 0.25) is 0 Å². The summed E-state index contributed by atoms with van der Waals surface area (Å²) in [7, 11) is 0. The number of cyclic esters (lactones) is 4. The highest BCUT2D eigenvalue weighted by Gasteiger charge is 2.54. The zero-order valence-corrected chi connectivity index (χ0v) is 46.1. The van der Waals surface area contributed by atoms with Crippen molar-refractivity contribution in [2.24, 2.45) is 17.8 Å². The van der Waals surface area contributed by atoms with Crippen LogP contribution in [0, 0.1) is 17.8 Å². The van der Waals surface area contributed by atoms with Crippen LogP contribution in [0.5, 0.6) is 0 Å². The maximum atomic E-state index is 13.4. The van der Waals surface area contributed by atoms with E-state index in [-0.39, 0.29) is 55.9 Å². The van der Waals surface area contributed by atoms with Crippen molar-refractivity contribution in [3.8, 4) is 0 Å². The second-order valence-corrected chi connectivity index (χ2v) is 20.3. The van der Waals surface area contributed by atoms with Gasteiger partial charge < -0.3 is 94.1 Å². The number of halogens is 1. The van der Waals surface area contributed by atoms with Crippen molar-refractivity contribution < 1.29 is 127 Å². The van der Waals surface area contributed by atoms with Crippen molar-refractivity contribution in [1.29, 1.82) is 0 Å². The molecule has 5 rings (SSSR count). The quantitative estimate of drug-likeness (QED) is 0.0774. The largest absolute Gasteiger partial charge is 0.464 e. The maximum absolute atomic E-state index is 13.4. The lowest BCUT2D eigenvalue weighted by Crippen LogP contribution is -2.54. The molecule has 0 aromatic carbocycles. The smallest absolute Gasteiger partial charge is 0.344 e. The monoisotopic (exact) mass is 1090 g/mol. The number of hydrogen-bond donors (Lipinski definition) is 11. The zero-order chi connectivity index (χ0) is 59.2. The van der Waals surface area contributed by atoms with Crippen LogP contribution < -0.4 is 0 Å². The van der Waals surface area contributed by atoms with Crippen LogP contribution in [0.15, 0.2) is 0 Å². The number of carbonyl (C=O) groups is 6. The van der Waals surface area contributed by atoms with E-state index >= 15 is 0 Å². The Kier molecular flexibility index (Phi) is 27.3. The molecule has 5 heterocycles. The highest BCUT2D eigenvalue weighted by atomic mass is 19.1. The van der Waals surface area contributed by atoms with E-state index in [0.29, 0.717) is 6.42 Å². The summed E-state index contributed by atoms with van der Waals surface area (Å²) in [5.41, 5.74) is -10.4. The fourth-order valence-electron chi connectivity index (χ4n) is 7.46. The van der Waals surface area contributed by atoms with Gasteiger partial charge in [-0.25, -0.2) is 33.2 Å². The molecule has 0 amide bonds. The lowest BCUT2D eigenvalue weighted by molar-refractivity contribution is -0.195. The Morgan fingerprint density at radius 3 is 1.23 bits per heavy atom. The highest BCUT2D eigenvalue weighted by Crippen LogP contribution is 2.37. The average molecular weight is 1100 g/mol. The van der Waals surface area contributed by atoms with Crippen molar-refractivity contribution in [3.05, 3.63) is 0 Å². The van der Waals surface area contributed by atoms with Gasteiger partial charge in [0.2, 0.25) is 5.67 Å². The zero-order valence-electron chi connectivity index (χ0n) is 46.1. The summed E-state index contributed by atoms with van der Waals surface area (Å²) >= 11 is 0. The summed E-state index contributed by atoms with van der Waals surface area (Å²) in [4.78, 5) is 66.2. The van der Waals surface area contributed by atoms with Gasteiger partial charge in [-0.2, -0.15) is 0 Å². The summed E-state index contributed by atoms with van der Waals surface area (Å²) in [6.07, 6.45) is -6.13.